The lowest BCUT2D eigenvalue weighted by Gasteiger charge is -2.06. The minimum atomic E-state index is -0.627. The van der Waals surface area contributed by atoms with E-state index in [0.29, 0.717) is 10.7 Å². The molecule has 0 spiro atoms. The number of nitrogens with zero attached hydrogens (tertiary/aromatic N) is 1. The second-order valence-electron chi connectivity index (χ2n) is 3.56. The summed E-state index contributed by atoms with van der Waals surface area (Å²) in [6.07, 6.45) is 1.14. The average molecular weight is 294 g/mol. The third kappa shape index (κ3) is 4.63. The lowest BCUT2D eigenvalue weighted by Crippen LogP contribution is -2.22. The van der Waals surface area contributed by atoms with E-state index in [1.807, 2.05) is 0 Å². The van der Waals surface area contributed by atoms with Gasteiger partial charge < -0.3 is 15.4 Å². The highest BCUT2D eigenvalue weighted by atomic mass is 35.5. The average Bonchev–Trinajstić information content (AvgIpc) is 2.45. The Morgan fingerprint density at radius 1 is 1.45 bits per heavy atom. The summed E-state index contributed by atoms with van der Waals surface area (Å²) in [4.78, 5) is 22.7. The normalized spacial score (nSPS) is 10.3. The number of esters is 1. The number of anilines is 1. The molecule has 0 saturated heterocycles. The van der Waals surface area contributed by atoms with E-state index in [4.69, 9.17) is 16.9 Å². The number of halogens is 1. The zero-order valence-electron chi connectivity index (χ0n) is 10.6. The highest BCUT2D eigenvalue weighted by molar-refractivity contribution is 6.33. The summed E-state index contributed by atoms with van der Waals surface area (Å²) in [6, 6.07) is 8.37. The van der Waals surface area contributed by atoms with Crippen LogP contribution in [-0.4, -0.2) is 25.5 Å². The van der Waals surface area contributed by atoms with Crippen molar-refractivity contribution in [1.29, 1.82) is 5.26 Å². The number of carbonyl (C=O) groups is 2. The molecule has 2 N–H and O–H groups in total. The Morgan fingerprint density at radius 3 is 2.75 bits per heavy atom. The van der Waals surface area contributed by atoms with Crippen LogP contribution in [-0.2, 0) is 14.3 Å². The number of nitriles is 1. The molecule has 0 fully saturated rings. The van der Waals surface area contributed by atoms with Crippen LogP contribution >= 0.6 is 11.6 Å². The maximum absolute atomic E-state index is 11.8. The molecular formula is C13H12ClN3O3. The first-order valence-electron chi connectivity index (χ1n) is 5.55. The second kappa shape index (κ2) is 7.81. The van der Waals surface area contributed by atoms with Crippen LogP contribution in [0.15, 0.2) is 36.0 Å². The van der Waals surface area contributed by atoms with Gasteiger partial charge in [0.25, 0.3) is 5.91 Å². The fourth-order valence-electron chi connectivity index (χ4n) is 1.21. The fourth-order valence-corrected chi connectivity index (χ4v) is 1.39. The van der Waals surface area contributed by atoms with Crippen LogP contribution in [0, 0.1) is 11.3 Å². The highest BCUT2D eigenvalue weighted by Crippen LogP contribution is 2.20. The molecule has 0 aromatic heterocycles. The molecule has 0 heterocycles. The summed E-state index contributed by atoms with van der Waals surface area (Å²) < 4.78 is 4.41. The number of carbonyl (C=O) groups excluding carboxylic acids is 2. The Bertz CT molecular complexity index is 578. The summed E-state index contributed by atoms with van der Waals surface area (Å²) in [5.74, 6) is -1.14. The van der Waals surface area contributed by atoms with E-state index in [0.717, 1.165) is 6.20 Å². The molecule has 0 bridgehead atoms. The van der Waals surface area contributed by atoms with E-state index in [-0.39, 0.29) is 12.1 Å². The second-order valence-corrected chi connectivity index (χ2v) is 3.97. The molecule has 6 nitrogen and oxygen atoms in total. The summed E-state index contributed by atoms with van der Waals surface area (Å²) >= 11 is 5.89. The first-order chi connectivity index (χ1) is 9.58. The van der Waals surface area contributed by atoms with Gasteiger partial charge in [0.15, 0.2) is 0 Å². The van der Waals surface area contributed by atoms with Gasteiger partial charge in [-0.1, -0.05) is 23.7 Å². The third-order valence-corrected chi connectivity index (χ3v) is 2.54. The molecule has 1 aromatic carbocycles. The number of methoxy groups -OCH3 is 1. The van der Waals surface area contributed by atoms with Crippen molar-refractivity contribution in [1.82, 2.24) is 5.32 Å². The van der Waals surface area contributed by atoms with Crippen LogP contribution in [0.25, 0.3) is 0 Å². The molecular weight excluding hydrogens is 282 g/mol. The first kappa shape index (κ1) is 15.5. The Kier molecular flexibility index (Phi) is 6.07. The number of ether oxygens (including phenoxy) is 1. The topological polar surface area (TPSA) is 91.2 Å². The predicted molar refractivity (Wildman–Crippen MR) is 73.8 cm³/mol. The van der Waals surface area contributed by atoms with Crippen molar-refractivity contribution in [2.45, 2.75) is 0 Å². The van der Waals surface area contributed by atoms with Gasteiger partial charge in [0.2, 0.25) is 0 Å². The maximum Gasteiger partial charge on any atom is 0.325 e. The number of hydrogen-bond acceptors (Lipinski definition) is 5. The van der Waals surface area contributed by atoms with E-state index in [1.165, 1.54) is 7.11 Å². The Hall–Kier alpha value is -2.52. The molecule has 0 aliphatic rings. The number of amides is 1. The Labute approximate surface area is 121 Å². The largest absolute Gasteiger partial charge is 0.468 e. The lowest BCUT2D eigenvalue weighted by molar-refractivity contribution is -0.139. The quantitative estimate of drug-likeness (QED) is 0.487. The van der Waals surface area contributed by atoms with E-state index in [1.54, 1.807) is 30.3 Å². The lowest BCUT2D eigenvalue weighted by atomic mass is 10.2. The summed E-state index contributed by atoms with van der Waals surface area (Å²) in [5, 5.41) is 14.3. The zero-order chi connectivity index (χ0) is 15.0. The molecule has 0 radical (unpaired) electrons. The molecule has 0 aliphatic heterocycles. The van der Waals surface area contributed by atoms with Crippen molar-refractivity contribution in [2.24, 2.45) is 0 Å². The molecule has 1 amide bonds. The number of para-hydroxylation sites is 1. The van der Waals surface area contributed by atoms with E-state index in [2.05, 4.69) is 15.4 Å². The fraction of sp³-hybridized carbons (Fsp3) is 0.154. The van der Waals surface area contributed by atoms with Gasteiger partial charge in [0, 0.05) is 6.20 Å². The van der Waals surface area contributed by atoms with Gasteiger partial charge in [-0.15, -0.1) is 0 Å². The van der Waals surface area contributed by atoms with E-state index >= 15 is 0 Å². The predicted octanol–water partition coefficient (Wildman–Crippen LogP) is 1.45. The Balaban J connectivity index is 2.69. The van der Waals surface area contributed by atoms with Crippen molar-refractivity contribution >= 4 is 29.2 Å². The molecule has 20 heavy (non-hydrogen) atoms. The molecule has 0 aliphatic carbocycles. The smallest absolute Gasteiger partial charge is 0.325 e. The van der Waals surface area contributed by atoms with Crippen LogP contribution < -0.4 is 10.6 Å². The number of benzene rings is 1. The monoisotopic (exact) mass is 293 g/mol. The van der Waals surface area contributed by atoms with Crippen LogP contribution in [0.5, 0.6) is 0 Å². The van der Waals surface area contributed by atoms with E-state index < -0.39 is 11.9 Å². The van der Waals surface area contributed by atoms with Gasteiger partial charge >= 0.3 is 5.97 Å². The van der Waals surface area contributed by atoms with Crippen molar-refractivity contribution in [2.75, 3.05) is 19.0 Å². The molecule has 1 aromatic rings. The number of nitrogens with one attached hydrogen (secondary N) is 2. The standard InChI is InChI=1S/C13H12ClN3O3/c1-20-12(18)8-16-7-9(6-15)13(19)17-11-5-3-2-4-10(11)14/h2-5,7,16H,8H2,1H3,(H,17,19)/b9-7-. The molecule has 1 rings (SSSR count). The van der Waals surface area contributed by atoms with Crippen molar-refractivity contribution in [3.8, 4) is 6.07 Å². The van der Waals surface area contributed by atoms with Crippen LogP contribution in [0.1, 0.15) is 0 Å². The molecule has 7 heteroatoms. The minimum absolute atomic E-state index is 0.138. The molecule has 0 saturated carbocycles. The van der Waals surface area contributed by atoms with Crippen LogP contribution in [0.2, 0.25) is 5.02 Å². The highest BCUT2D eigenvalue weighted by Gasteiger charge is 2.11. The molecule has 0 atom stereocenters. The van der Waals surface area contributed by atoms with Gasteiger partial charge in [0.05, 0.1) is 17.8 Å². The Morgan fingerprint density at radius 2 is 2.15 bits per heavy atom. The summed E-state index contributed by atoms with van der Waals surface area (Å²) in [5.41, 5.74) is 0.210. The first-order valence-corrected chi connectivity index (χ1v) is 5.92. The van der Waals surface area contributed by atoms with Crippen molar-refractivity contribution in [3.63, 3.8) is 0 Å². The third-order valence-electron chi connectivity index (χ3n) is 2.21. The molecule has 104 valence electrons. The minimum Gasteiger partial charge on any atom is -0.468 e. The van der Waals surface area contributed by atoms with Gasteiger partial charge in [-0.2, -0.15) is 5.26 Å². The SMILES string of the molecule is COC(=O)CN/C=C(/C#N)C(=O)Nc1ccccc1Cl. The van der Waals surface area contributed by atoms with Gasteiger partial charge in [-0.25, -0.2) is 0 Å². The van der Waals surface area contributed by atoms with Gasteiger partial charge in [-0.3, -0.25) is 9.59 Å². The maximum atomic E-state index is 11.8. The summed E-state index contributed by atoms with van der Waals surface area (Å²) in [7, 11) is 1.24. The summed E-state index contributed by atoms with van der Waals surface area (Å²) in [6.45, 7) is -0.138. The van der Waals surface area contributed by atoms with Crippen molar-refractivity contribution in [3.05, 3.63) is 41.1 Å². The number of rotatable bonds is 5. The molecule has 0 unspecified atom stereocenters. The van der Waals surface area contributed by atoms with E-state index in [9.17, 15) is 9.59 Å². The number of hydrogen-bond donors (Lipinski definition) is 2. The van der Waals surface area contributed by atoms with Crippen LogP contribution in [0.4, 0.5) is 5.69 Å². The van der Waals surface area contributed by atoms with Gasteiger partial charge in [0.1, 0.15) is 18.2 Å². The zero-order valence-corrected chi connectivity index (χ0v) is 11.4. The van der Waals surface area contributed by atoms with Crippen LogP contribution in [0.3, 0.4) is 0 Å². The van der Waals surface area contributed by atoms with Gasteiger partial charge in [-0.05, 0) is 12.1 Å². The van der Waals surface area contributed by atoms with Crippen molar-refractivity contribution < 1.29 is 14.3 Å².